The molecule has 112 valence electrons. The molecule has 2 aromatic carbocycles. The second-order valence-corrected chi connectivity index (χ2v) is 7.32. The van der Waals surface area contributed by atoms with Gasteiger partial charge in [-0.1, -0.05) is 48.5 Å². The fourth-order valence-corrected chi connectivity index (χ4v) is 6.45. The summed E-state index contributed by atoms with van der Waals surface area (Å²) in [5, 5.41) is 3.66. The Kier molecular flexibility index (Phi) is 2.48. The minimum atomic E-state index is 0. The zero-order valence-electron chi connectivity index (χ0n) is 12.5. The number of halogens is 1. The fourth-order valence-electron chi connectivity index (χ4n) is 6.45. The van der Waals surface area contributed by atoms with Crippen LogP contribution in [0.5, 0.6) is 0 Å². The van der Waals surface area contributed by atoms with Crippen LogP contribution in [0.1, 0.15) is 40.5 Å². The van der Waals surface area contributed by atoms with E-state index in [1.54, 1.807) is 22.3 Å². The van der Waals surface area contributed by atoms with Gasteiger partial charge in [-0.3, -0.25) is 0 Å². The van der Waals surface area contributed by atoms with Crippen molar-refractivity contribution >= 4 is 12.4 Å². The molecule has 0 aromatic heterocycles. The van der Waals surface area contributed by atoms with Gasteiger partial charge in [0.1, 0.15) is 0 Å². The Balaban J connectivity index is 0.00000113. The van der Waals surface area contributed by atoms with Gasteiger partial charge in [-0.15, -0.1) is 12.4 Å². The lowest BCUT2D eigenvalue weighted by Gasteiger charge is -2.59. The van der Waals surface area contributed by atoms with E-state index in [-0.39, 0.29) is 12.4 Å². The molecule has 1 spiro atoms. The summed E-state index contributed by atoms with van der Waals surface area (Å²) >= 11 is 0. The van der Waals surface area contributed by atoms with E-state index in [9.17, 15) is 0 Å². The average molecular weight is 310 g/mol. The highest BCUT2D eigenvalue weighted by Crippen LogP contribution is 2.79. The van der Waals surface area contributed by atoms with E-state index in [2.05, 4.69) is 53.8 Å². The number of benzene rings is 2. The quantitative estimate of drug-likeness (QED) is 0.780. The van der Waals surface area contributed by atoms with Crippen molar-refractivity contribution < 1.29 is 0 Å². The van der Waals surface area contributed by atoms with Crippen molar-refractivity contribution in [1.29, 1.82) is 0 Å². The van der Waals surface area contributed by atoms with Crippen LogP contribution in [-0.4, -0.2) is 13.1 Å². The number of fused-ring (bicyclic) bond motifs is 7. The third-order valence-corrected chi connectivity index (χ3v) is 6.90. The average Bonchev–Trinajstić information content (AvgIpc) is 2.73. The van der Waals surface area contributed by atoms with E-state index in [1.165, 1.54) is 19.5 Å². The minimum absolute atomic E-state index is 0. The van der Waals surface area contributed by atoms with Gasteiger partial charge in [-0.25, -0.2) is 0 Å². The van der Waals surface area contributed by atoms with Crippen molar-refractivity contribution in [1.82, 2.24) is 5.32 Å². The molecule has 2 heteroatoms. The van der Waals surface area contributed by atoms with Gasteiger partial charge in [-0.2, -0.15) is 0 Å². The highest BCUT2D eigenvalue weighted by atomic mass is 35.5. The first-order chi connectivity index (χ1) is 10.4. The number of nitrogens with one attached hydrogen (secondary N) is 1. The molecule has 1 aliphatic heterocycles. The molecule has 5 atom stereocenters. The second-order valence-electron chi connectivity index (χ2n) is 7.32. The maximum absolute atomic E-state index is 3.66. The largest absolute Gasteiger partial charge is 0.316 e. The van der Waals surface area contributed by atoms with Gasteiger partial charge in [0.05, 0.1) is 0 Å². The van der Waals surface area contributed by atoms with Crippen LogP contribution in [0.25, 0.3) is 0 Å². The summed E-state index contributed by atoms with van der Waals surface area (Å²) in [7, 11) is 0. The Labute approximate surface area is 137 Å². The smallest absolute Gasteiger partial charge is 0.0351 e. The molecule has 3 aliphatic carbocycles. The molecule has 6 rings (SSSR count). The summed E-state index contributed by atoms with van der Waals surface area (Å²) in [6.45, 7) is 2.43. The van der Waals surface area contributed by atoms with E-state index in [4.69, 9.17) is 0 Å². The van der Waals surface area contributed by atoms with Gasteiger partial charge < -0.3 is 5.32 Å². The molecule has 4 aliphatic rings. The van der Waals surface area contributed by atoms with Crippen molar-refractivity contribution in [2.45, 2.75) is 23.7 Å². The monoisotopic (exact) mass is 309 g/mol. The summed E-state index contributed by atoms with van der Waals surface area (Å²) in [6.07, 6.45) is 1.36. The molecule has 5 unspecified atom stereocenters. The number of piperidine rings is 1. The van der Waals surface area contributed by atoms with E-state index in [0.29, 0.717) is 5.41 Å². The molecular formula is C20H20ClN. The minimum Gasteiger partial charge on any atom is -0.316 e. The highest BCUT2D eigenvalue weighted by Gasteiger charge is 2.73. The van der Waals surface area contributed by atoms with Crippen LogP contribution in [0.4, 0.5) is 0 Å². The topological polar surface area (TPSA) is 12.0 Å². The molecule has 0 radical (unpaired) electrons. The van der Waals surface area contributed by atoms with Crippen LogP contribution in [-0.2, 0) is 5.41 Å². The Morgan fingerprint density at radius 2 is 1.41 bits per heavy atom. The lowest BCUT2D eigenvalue weighted by Crippen LogP contribution is -2.52. The third kappa shape index (κ3) is 1.14. The predicted molar refractivity (Wildman–Crippen MR) is 90.9 cm³/mol. The van der Waals surface area contributed by atoms with Crippen LogP contribution < -0.4 is 5.32 Å². The molecule has 1 N–H and O–H groups in total. The molecular weight excluding hydrogens is 290 g/mol. The van der Waals surface area contributed by atoms with Gasteiger partial charge >= 0.3 is 0 Å². The van der Waals surface area contributed by atoms with Gasteiger partial charge in [0, 0.05) is 17.3 Å². The second kappa shape index (κ2) is 4.15. The van der Waals surface area contributed by atoms with Crippen LogP contribution in [0.3, 0.4) is 0 Å². The normalized spacial score (nSPS) is 38.9. The van der Waals surface area contributed by atoms with E-state index < -0.39 is 0 Å². The maximum Gasteiger partial charge on any atom is 0.0351 e. The standard InChI is InChI=1S/C20H19N.ClH/c1-3-7-16-13(5-1)18-12-9-10-21-11-15(12)19-14-6-2-4-8-17(14)20(16,18)19;/h1-8,12,15,18-19,21H,9-11H2;1H. The van der Waals surface area contributed by atoms with Gasteiger partial charge in [0.25, 0.3) is 0 Å². The van der Waals surface area contributed by atoms with E-state index >= 15 is 0 Å². The Morgan fingerprint density at radius 1 is 0.818 bits per heavy atom. The molecule has 1 heterocycles. The summed E-state index contributed by atoms with van der Waals surface area (Å²) < 4.78 is 0. The SMILES string of the molecule is Cl.c1ccc2c(c1)C1C3CCNCC3C3c4ccccc4C213. The van der Waals surface area contributed by atoms with Gasteiger partial charge in [0.2, 0.25) is 0 Å². The van der Waals surface area contributed by atoms with Crippen molar-refractivity contribution in [2.75, 3.05) is 13.1 Å². The first-order valence-electron chi connectivity index (χ1n) is 8.33. The highest BCUT2D eigenvalue weighted by molar-refractivity contribution is 5.85. The third-order valence-electron chi connectivity index (χ3n) is 6.90. The van der Waals surface area contributed by atoms with Gasteiger partial charge in [0.15, 0.2) is 0 Å². The van der Waals surface area contributed by atoms with Crippen molar-refractivity contribution in [3.63, 3.8) is 0 Å². The van der Waals surface area contributed by atoms with E-state index in [0.717, 1.165) is 23.7 Å². The molecule has 2 aromatic rings. The first kappa shape index (κ1) is 13.2. The molecule has 0 bridgehead atoms. The van der Waals surface area contributed by atoms with Crippen LogP contribution in [0.2, 0.25) is 0 Å². The zero-order valence-corrected chi connectivity index (χ0v) is 13.3. The van der Waals surface area contributed by atoms with Crippen molar-refractivity contribution in [3.8, 4) is 0 Å². The number of rotatable bonds is 0. The van der Waals surface area contributed by atoms with Crippen LogP contribution in [0.15, 0.2) is 48.5 Å². The van der Waals surface area contributed by atoms with Crippen LogP contribution in [0, 0.1) is 11.8 Å². The lowest BCUT2D eigenvalue weighted by molar-refractivity contribution is 0.263. The predicted octanol–water partition coefficient (Wildman–Crippen LogP) is 3.83. The van der Waals surface area contributed by atoms with Gasteiger partial charge in [-0.05, 0) is 53.6 Å². The summed E-state index contributed by atoms with van der Waals surface area (Å²) in [4.78, 5) is 0. The summed E-state index contributed by atoms with van der Waals surface area (Å²) in [5.41, 5.74) is 6.98. The van der Waals surface area contributed by atoms with Crippen LogP contribution >= 0.6 is 12.4 Å². The number of hydrogen-bond acceptors (Lipinski definition) is 1. The zero-order chi connectivity index (χ0) is 13.6. The van der Waals surface area contributed by atoms with E-state index in [1.807, 2.05) is 0 Å². The lowest BCUT2D eigenvalue weighted by atomic mass is 9.43. The first-order valence-corrected chi connectivity index (χ1v) is 8.33. The fraction of sp³-hybridized carbons (Fsp3) is 0.400. The molecule has 1 nitrogen and oxygen atoms in total. The Morgan fingerprint density at radius 3 is 2.09 bits per heavy atom. The van der Waals surface area contributed by atoms with Crippen molar-refractivity contribution in [2.24, 2.45) is 11.8 Å². The summed E-state index contributed by atoms with van der Waals surface area (Å²) in [6, 6.07) is 18.5. The molecule has 2 fully saturated rings. The summed E-state index contributed by atoms with van der Waals surface area (Å²) in [5.74, 6) is 3.29. The Hall–Kier alpha value is -1.31. The number of hydrogen-bond donors (Lipinski definition) is 1. The molecule has 1 saturated carbocycles. The molecule has 22 heavy (non-hydrogen) atoms. The van der Waals surface area contributed by atoms with Crippen molar-refractivity contribution in [3.05, 3.63) is 70.8 Å². The Bertz CT molecular complexity index is 702. The molecule has 0 amide bonds. The molecule has 1 saturated heterocycles. The maximum atomic E-state index is 3.66.